The first-order valence-corrected chi connectivity index (χ1v) is 8.83. The van der Waals surface area contributed by atoms with E-state index < -0.39 is 6.10 Å². The van der Waals surface area contributed by atoms with Gasteiger partial charge in [-0.05, 0) is 63.5 Å². The Balaban J connectivity index is 1.71. The van der Waals surface area contributed by atoms with Crippen LogP contribution in [0.15, 0.2) is 18.2 Å². The minimum atomic E-state index is -0.570. The van der Waals surface area contributed by atoms with Crippen LogP contribution in [0.1, 0.15) is 25.3 Å². The van der Waals surface area contributed by atoms with E-state index in [2.05, 4.69) is 4.90 Å². The number of hydrogen-bond donors (Lipinski definition) is 1. The predicted molar refractivity (Wildman–Crippen MR) is 93.5 cm³/mol. The molecule has 134 valence electrons. The summed E-state index contributed by atoms with van der Waals surface area (Å²) in [6.45, 7) is 6.54. The largest absolute Gasteiger partial charge is 0.491 e. The van der Waals surface area contributed by atoms with Crippen molar-refractivity contribution >= 4 is 17.6 Å². The summed E-state index contributed by atoms with van der Waals surface area (Å²) >= 11 is 5.92. The normalized spacial score (nSPS) is 17.5. The fraction of sp³-hybridized carbons (Fsp3) is 0.611. The number of carbonyl (C=O) groups is 1. The zero-order valence-corrected chi connectivity index (χ0v) is 15.1. The number of aryl methyl sites for hydroxylation is 1. The number of hydrogen-bond acceptors (Lipinski definition) is 5. The van der Waals surface area contributed by atoms with Crippen LogP contribution >= 0.6 is 11.6 Å². The molecule has 1 unspecified atom stereocenters. The number of rotatable bonds is 7. The fourth-order valence-corrected chi connectivity index (χ4v) is 3.15. The van der Waals surface area contributed by atoms with Crippen molar-refractivity contribution in [1.82, 2.24) is 4.90 Å². The highest BCUT2D eigenvalue weighted by Gasteiger charge is 2.26. The van der Waals surface area contributed by atoms with Crippen molar-refractivity contribution in [1.29, 1.82) is 0 Å². The highest BCUT2D eigenvalue weighted by atomic mass is 35.5. The van der Waals surface area contributed by atoms with E-state index in [0.717, 1.165) is 37.2 Å². The lowest BCUT2D eigenvalue weighted by molar-refractivity contribution is -0.149. The van der Waals surface area contributed by atoms with Crippen molar-refractivity contribution in [2.45, 2.75) is 32.8 Å². The summed E-state index contributed by atoms with van der Waals surface area (Å²) in [5.74, 6) is 0.630. The molecule has 1 aromatic carbocycles. The number of β-amino-alcohol motifs (C(OH)–C–C–N with tert-alkyl or cyclic N) is 1. The van der Waals surface area contributed by atoms with Crippen molar-refractivity contribution in [3.8, 4) is 5.75 Å². The van der Waals surface area contributed by atoms with E-state index in [1.165, 1.54) is 0 Å². The number of likely N-dealkylation sites (tertiary alicyclic amines) is 1. The van der Waals surface area contributed by atoms with Gasteiger partial charge in [-0.3, -0.25) is 4.79 Å². The first-order chi connectivity index (χ1) is 11.5. The maximum atomic E-state index is 11.7. The van der Waals surface area contributed by atoms with Crippen LogP contribution in [-0.4, -0.2) is 54.9 Å². The van der Waals surface area contributed by atoms with Gasteiger partial charge in [-0.2, -0.15) is 0 Å². The molecule has 6 heteroatoms. The van der Waals surface area contributed by atoms with E-state index in [9.17, 15) is 9.90 Å². The maximum Gasteiger partial charge on any atom is 0.309 e. The van der Waals surface area contributed by atoms with Crippen molar-refractivity contribution < 1.29 is 19.4 Å². The molecule has 1 atom stereocenters. The number of esters is 1. The molecule has 0 spiro atoms. The Morgan fingerprint density at radius 2 is 2.12 bits per heavy atom. The average Bonchev–Trinajstić information content (AvgIpc) is 2.55. The number of aliphatic hydroxyl groups excluding tert-OH is 1. The van der Waals surface area contributed by atoms with E-state index in [1.54, 1.807) is 6.07 Å². The Labute approximate surface area is 148 Å². The lowest BCUT2D eigenvalue weighted by Gasteiger charge is -2.32. The van der Waals surface area contributed by atoms with Crippen molar-refractivity contribution in [3.05, 3.63) is 28.8 Å². The summed E-state index contributed by atoms with van der Waals surface area (Å²) in [6.07, 6.45) is 0.991. The van der Waals surface area contributed by atoms with Gasteiger partial charge in [0, 0.05) is 11.6 Å². The molecule has 0 aliphatic carbocycles. The molecule has 1 N–H and O–H groups in total. The quantitative estimate of drug-likeness (QED) is 0.762. The Morgan fingerprint density at radius 1 is 1.42 bits per heavy atom. The fourth-order valence-electron chi connectivity index (χ4n) is 2.92. The topological polar surface area (TPSA) is 59.0 Å². The minimum absolute atomic E-state index is 0.00805. The summed E-state index contributed by atoms with van der Waals surface area (Å²) in [7, 11) is 0. The smallest absolute Gasteiger partial charge is 0.309 e. The van der Waals surface area contributed by atoms with Gasteiger partial charge in [0.15, 0.2) is 0 Å². The summed E-state index contributed by atoms with van der Waals surface area (Å²) in [5, 5.41) is 10.9. The molecule has 1 heterocycles. The van der Waals surface area contributed by atoms with Crippen molar-refractivity contribution in [2.75, 3.05) is 32.8 Å². The van der Waals surface area contributed by atoms with Crippen LogP contribution in [0.5, 0.6) is 5.75 Å². The van der Waals surface area contributed by atoms with Crippen LogP contribution < -0.4 is 4.74 Å². The molecular weight excluding hydrogens is 330 g/mol. The molecule has 5 nitrogen and oxygen atoms in total. The molecule has 24 heavy (non-hydrogen) atoms. The van der Waals surface area contributed by atoms with E-state index in [-0.39, 0.29) is 18.5 Å². The Bertz CT molecular complexity index is 544. The maximum absolute atomic E-state index is 11.7. The molecule has 0 bridgehead atoms. The zero-order valence-electron chi connectivity index (χ0n) is 14.3. The Kier molecular flexibility index (Phi) is 7.34. The van der Waals surface area contributed by atoms with Gasteiger partial charge in [-0.25, -0.2) is 0 Å². The zero-order chi connectivity index (χ0) is 17.5. The van der Waals surface area contributed by atoms with E-state index in [1.807, 2.05) is 26.0 Å². The third-order valence-electron chi connectivity index (χ3n) is 4.24. The lowest BCUT2D eigenvalue weighted by Crippen LogP contribution is -2.42. The van der Waals surface area contributed by atoms with Gasteiger partial charge in [-0.15, -0.1) is 0 Å². The summed E-state index contributed by atoms with van der Waals surface area (Å²) in [4.78, 5) is 13.9. The van der Waals surface area contributed by atoms with Gasteiger partial charge in [0.05, 0.1) is 12.5 Å². The van der Waals surface area contributed by atoms with E-state index in [0.29, 0.717) is 18.2 Å². The number of carbonyl (C=O) groups excluding carboxylic acids is 1. The van der Waals surface area contributed by atoms with Crippen LogP contribution in [0, 0.1) is 12.8 Å². The third kappa shape index (κ3) is 5.65. The molecule has 2 rings (SSSR count). The molecule has 0 saturated carbocycles. The average molecular weight is 356 g/mol. The monoisotopic (exact) mass is 355 g/mol. The van der Waals surface area contributed by atoms with Crippen molar-refractivity contribution in [3.63, 3.8) is 0 Å². The third-order valence-corrected chi connectivity index (χ3v) is 4.48. The summed E-state index contributed by atoms with van der Waals surface area (Å²) in [6, 6.07) is 5.43. The molecule has 1 fully saturated rings. The number of aliphatic hydroxyl groups is 1. The second-order valence-electron chi connectivity index (χ2n) is 6.20. The molecule has 0 radical (unpaired) electrons. The number of nitrogens with zero attached hydrogens (tertiary/aromatic N) is 1. The predicted octanol–water partition coefficient (Wildman–Crippen LogP) is 2.66. The van der Waals surface area contributed by atoms with Crippen LogP contribution in [-0.2, 0) is 9.53 Å². The van der Waals surface area contributed by atoms with E-state index in [4.69, 9.17) is 21.1 Å². The SMILES string of the molecule is CCOC(=O)C1CCN(CC(O)COc2ccc(Cl)cc2C)CC1. The second-order valence-corrected chi connectivity index (χ2v) is 6.64. The van der Waals surface area contributed by atoms with Crippen LogP contribution in [0.4, 0.5) is 0 Å². The standard InChI is InChI=1S/C18H26ClNO4/c1-3-23-18(22)14-6-8-20(9-7-14)11-16(21)12-24-17-5-4-15(19)10-13(17)2/h4-5,10,14,16,21H,3,6-9,11-12H2,1-2H3. The molecule has 1 aliphatic rings. The molecular formula is C18H26ClNO4. The summed E-state index contributed by atoms with van der Waals surface area (Å²) < 4.78 is 10.7. The highest BCUT2D eigenvalue weighted by molar-refractivity contribution is 6.30. The first kappa shape index (κ1) is 19.0. The first-order valence-electron chi connectivity index (χ1n) is 8.45. The second kappa shape index (κ2) is 9.25. The lowest BCUT2D eigenvalue weighted by atomic mass is 9.97. The molecule has 0 amide bonds. The molecule has 1 aliphatic heterocycles. The molecule has 1 saturated heterocycles. The molecule has 1 aromatic rings. The highest BCUT2D eigenvalue weighted by Crippen LogP contribution is 2.22. The number of benzene rings is 1. The van der Waals surface area contributed by atoms with Gasteiger partial charge in [0.2, 0.25) is 0 Å². The van der Waals surface area contributed by atoms with E-state index >= 15 is 0 Å². The van der Waals surface area contributed by atoms with Gasteiger partial charge >= 0.3 is 5.97 Å². The van der Waals surface area contributed by atoms with Crippen LogP contribution in [0.2, 0.25) is 5.02 Å². The van der Waals surface area contributed by atoms with Crippen LogP contribution in [0.25, 0.3) is 0 Å². The van der Waals surface area contributed by atoms with Gasteiger partial charge in [-0.1, -0.05) is 11.6 Å². The van der Waals surface area contributed by atoms with Gasteiger partial charge < -0.3 is 19.5 Å². The van der Waals surface area contributed by atoms with Crippen molar-refractivity contribution in [2.24, 2.45) is 5.92 Å². The van der Waals surface area contributed by atoms with Crippen LogP contribution in [0.3, 0.4) is 0 Å². The minimum Gasteiger partial charge on any atom is -0.491 e. The Morgan fingerprint density at radius 3 is 2.75 bits per heavy atom. The summed E-state index contributed by atoms with van der Waals surface area (Å²) in [5.41, 5.74) is 0.949. The number of piperidine rings is 1. The number of halogens is 1. The van der Waals surface area contributed by atoms with Gasteiger partial charge in [0.25, 0.3) is 0 Å². The Hall–Kier alpha value is -1.30. The number of ether oxygens (including phenoxy) is 2. The molecule has 0 aromatic heterocycles. The van der Waals surface area contributed by atoms with Gasteiger partial charge in [0.1, 0.15) is 18.5 Å².